The molecular weight excluding hydrogens is 327 g/mol. The molecule has 3 nitrogen and oxygen atoms in total. The maximum Gasteiger partial charge on any atom is 0.257 e. The summed E-state index contributed by atoms with van der Waals surface area (Å²) in [6, 6.07) is 5.44. The minimum absolute atomic E-state index is 0.0768. The average molecular weight is 341 g/mol. The van der Waals surface area contributed by atoms with Crippen LogP contribution < -0.4 is 5.56 Å². The highest BCUT2D eigenvalue weighted by Crippen LogP contribution is 2.24. The molecule has 6 heteroatoms. The Balaban J connectivity index is 2.05. The molecule has 0 saturated carbocycles. The second-order valence-electron chi connectivity index (χ2n) is 5.02. The van der Waals surface area contributed by atoms with Crippen LogP contribution >= 0.6 is 35.0 Å². The van der Waals surface area contributed by atoms with E-state index in [1.54, 1.807) is 16.7 Å². The van der Waals surface area contributed by atoms with Crippen LogP contribution in [0.5, 0.6) is 0 Å². The second-order valence-corrected chi connectivity index (χ2v) is 6.60. The summed E-state index contributed by atoms with van der Waals surface area (Å²) in [5.74, 6) is 0. The number of benzene rings is 1. The molecule has 0 saturated heterocycles. The first-order valence-corrected chi connectivity index (χ1v) is 8.68. The first kappa shape index (κ1) is 14.9. The number of hydrogen-bond acceptors (Lipinski definition) is 3. The van der Waals surface area contributed by atoms with Crippen LogP contribution in [-0.4, -0.2) is 15.8 Å². The number of hydrogen-bond donors (Lipinski definition) is 0. The van der Waals surface area contributed by atoms with Gasteiger partial charge in [-0.05, 0) is 43.2 Å². The summed E-state index contributed by atoms with van der Waals surface area (Å²) < 4.78 is 1.73. The maximum absolute atomic E-state index is 12.6. The SMILES string of the molecule is CSc1nc2c(c(=O)n1Cc1ccc(Cl)c(Cl)c1)CCC2. The molecule has 0 aliphatic heterocycles. The molecule has 1 aromatic heterocycles. The van der Waals surface area contributed by atoms with Gasteiger partial charge in [0, 0.05) is 5.56 Å². The van der Waals surface area contributed by atoms with Gasteiger partial charge in [-0.15, -0.1) is 0 Å². The van der Waals surface area contributed by atoms with E-state index in [4.69, 9.17) is 23.2 Å². The summed E-state index contributed by atoms with van der Waals surface area (Å²) >= 11 is 13.5. The maximum atomic E-state index is 12.6. The standard InChI is InChI=1S/C15H14Cl2N2OS/c1-21-15-18-13-4-2-3-10(13)14(20)19(15)8-9-5-6-11(16)12(17)7-9/h5-7H,2-4,8H2,1H3. The van der Waals surface area contributed by atoms with Gasteiger partial charge in [0.05, 0.1) is 22.3 Å². The van der Waals surface area contributed by atoms with E-state index in [2.05, 4.69) is 4.98 Å². The summed E-state index contributed by atoms with van der Waals surface area (Å²) in [5, 5.41) is 1.78. The zero-order valence-corrected chi connectivity index (χ0v) is 13.9. The molecule has 0 fully saturated rings. The van der Waals surface area contributed by atoms with Crippen molar-refractivity contribution in [2.24, 2.45) is 0 Å². The Morgan fingerprint density at radius 3 is 2.81 bits per heavy atom. The van der Waals surface area contributed by atoms with Crippen LogP contribution in [0.2, 0.25) is 10.0 Å². The summed E-state index contributed by atoms with van der Waals surface area (Å²) in [5.41, 5.74) is 2.86. The van der Waals surface area contributed by atoms with Crippen LogP contribution in [-0.2, 0) is 19.4 Å². The summed E-state index contributed by atoms with van der Waals surface area (Å²) in [4.78, 5) is 17.3. The van der Waals surface area contributed by atoms with Gasteiger partial charge in [-0.3, -0.25) is 9.36 Å². The van der Waals surface area contributed by atoms with Gasteiger partial charge in [0.2, 0.25) is 0 Å². The lowest BCUT2D eigenvalue weighted by atomic mass is 10.2. The largest absolute Gasteiger partial charge is 0.283 e. The Morgan fingerprint density at radius 1 is 1.29 bits per heavy atom. The third-order valence-corrected chi connectivity index (χ3v) is 5.08. The highest BCUT2D eigenvalue weighted by molar-refractivity contribution is 7.98. The molecule has 2 aromatic rings. The van der Waals surface area contributed by atoms with Crippen LogP contribution in [0.4, 0.5) is 0 Å². The van der Waals surface area contributed by atoms with Gasteiger partial charge < -0.3 is 0 Å². The Kier molecular flexibility index (Phi) is 4.29. The number of aryl methyl sites for hydroxylation is 1. The van der Waals surface area contributed by atoms with Gasteiger partial charge in [-0.2, -0.15) is 0 Å². The molecule has 1 aromatic carbocycles. The van der Waals surface area contributed by atoms with E-state index in [-0.39, 0.29) is 5.56 Å². The van der Waals surface area contributed by atoms with E-state index in [1.807, 2.05) is 12.3 Å². The van der Waals surface area contributed by atoms with E-state index in [1.165, 1.54) is 11.8 Å². The van der Waals surface area contributed by atoms with E-state index in [0.29, 0.717) is 16.6 Å². The molecular formula is C15H14Cl2N2OS. The number of aromatic nitrogens is 2. The zero-order chi connectivity index (χ0) is 15.0. The van der Waals surface area contributed by atoms with Gasteiger partial charge >= 0.3 is 0 Å². The molecule has 0 N–H and O–H groups in total. The fourth-order valence-electron chi connectivity index (χ4n) is 2.62. The van der Waals surface area contributed by atoms with Gasteiger partial charge in [0.1, 0.15) is 0 Å². The average Bonchev–Trinajstić information content (AvgIpc) is 2.94. The number of rotatable bonds is 3. The Bertz CT molecular complexity index is 758. The quantitative estimate of drug-likeness (QED) is 0.629. The van der Waals surface area contributed by atoms with Crippen LogP contribution in [0.15, 0.2) is 28.2 Å². The van der Waals surface area contributed by atoms with E-state index < -0.39 is 0 Å². The molecule has 21 heavy (non-hydrogen) atoms. The summed E-state index contributed by atoms with van der Waals surface area (Å²) in [6.07, 6.45) is 4.69. The third kappa shape index (κ3) is 2.85. The van der Waals surface area contributed by atoms with Crippen molar-refractivity contribution in [2.75, 3.05) is 6.26 Å². The van der Waals surface area contributed by atoms with Crippen molar-refractivity contribution < 1.29 is 0 Å². The Hall–Kier alpha value is -0.970. The second kappa shape index (κ2) is 6.03. The van der Waals surface area contributed by atoms with Crippen molar-refractivity contribution in [3.05, 3.63) is 55.4 Å². The fourth-order valence-corrected chi connectivity index (χ4v) is 3.51. The number of halogens is 2. The predicted molar refractivity (Wildman–Crippen MR) is 87.9 cm³/mol. The number of nitrogens with zero attached hydrogens (tertiary/aromatic N) is 2. The highest BCUT2D eigenvalue weighted by Gasteiger charge is 2.20. The molecule has 110 valence electrons. The van der Waals surface area contributed by atoms with Crippen molar-refractivity contribution in [3.8, 4) is 0 Å². The van der Waals surface area contributed by atoms with Crippen LogP contribution in [0.25, 0.3) is 0 Å². The molecule has 0 bridgehead atoms. The lowest BCUT2D eigenvalue weighted by Crippen LogP contribution is -2.27. The zero-order valence-electron chi connectivity index (χ0n) is 11.5. The molecule has 1 aliphatic carbocycles. The van der Waals surface area contributed by atoms with Crippen molar-refractivity contribution >= 4 is 35.0 Å². The highest BCUT2D eigenvalue weighted by atomic mass is 35.5. The number of thioether (sulfide) groups is 1. The lowest BCUT2D eigenvalue weighted by molar-refractivity contribution is 0.632. The molecule has 1 heterocycles. The number of fused-ring (bicyclic) bond motifs is 1. The smallest absolute Gasteiger partial charge is 0.257 e. The molecule has 1 aliphatic rings. The topological polar surface area (TPSA) is 34.9 Å². The summed E-state index contributed by atoms with van der Waals surface area (Å²) in [7, 11) is 0. The van der Waals surface area contributed by atoms with E-state index >= 15 is 0 Å². The molecule has 0 atom stereocenters. The third-order valence-electron chi connectivity index (χ3n) is 3.66. The first-order chi connectivity index (χ1) is 10.1. The van der Waals surface area contributed by atoms with Gasteiger partial charge in [-0.1, -0.05) is 41.0 Å². The van der Waals surface area contributed by atoms with Gasteiger partial charge in [0.15, 0.2) is 5.16 Å². The van der Waals surface area contributed by atoms with Gasteiger partial charge in [-0.25, -0.2) is 4.98 Å². The van der Waals surface area contributed by atoms with Crippen LogP contribution in [0.1, 0.15) is 23.2 Å². The molecule has 0 spiro atoms. The van der Waals surface area contributed by atoms with Crippen molar-refractivity contribution in [3.63, 3.8) is 0 Å². The predicted octanol–water partition coefficient (Wildman–Crippen LogP) is 3.81. The normalized spacial score (nSPS) is 13.5. The van der Waals surface area contributed by atoms with Crippen molar-refractivity contribution in [1.29, 1.82) is 0 Å². The summed E-state index contributed by atoms with van der Waals surface area (Å²) in [6.45, 7) is 0.464. The first-order valence-electron chi connectivity index (χ1n) is 6.70. The Morgan fingerprint density at radius 2 is 2.10 bits per heavy atom. The minimum Gasteiger partial charge on any atom is -0.283 e. The monoisotopic (exact) mass is 340 g/mol. The van der Waals surface area contributed by atoms with Crippen molar-refractivity contribution in [1.82, 2.24) is 9.55 Å². The van der Waals surface area contributed by atoms with Gasteiger partial charge in [0.25, 0.3) is 5.56 Å². The van der Waals surface area contributed by atoms with E-state index in [9.17, 15) is 4.79 Å². The van der Waals surface area contributed by atoms with Crippen LogP contribution in [0, 0.1) is 0 Å². The lowest BCUT2D eigenvalue weighted by Gasteiger charge is -2.13. The fraction of sp³-hybridized carbons (Fsp3) is 0.333. The Labute approximate surface area is 137 Å². The van der Waals surface area contributed by atoms with Crippen LogP contribution in [0.3, 0.4) is 0 Å². The molecule has 0 unspecified atom stereocenters. The molecule has 0 radical (unpaired) electrons. The van der Waals surface area contributed by atoms with E-state index in [0.717, 1.165) is 41.2 Å². The van der Waals surface area contributed by atoms with Crippen molar-refractivity contribution in [2.45, 2.75) is 31.0 Å². The molecule has 3 rings (SSSR count). The molecule has 0 amide bonds. The minimum atomic E-state index is 0.0768.